The SMILES string of the molecule is CCO.CCOC(C)=O.FC(F)(F)c1n[nH]c2c1CC1CC21.NC(=O)c1cc(-c2cccnc2[C@H](Cc2cc(F)cc(F)c2)NC(=O)Cn2nc(C(F)(F)F)c3c2C2CC2C3)ccc1F.O=C1C(C(=O)C(F)(F)F)CC2CC12.O=C1CCC2CC12.OC1CCC2CC12.[2H]CS.[H-].[K+]. The van der Waals surface area contributed by atoms with Crippen LogP contribution < -0.4 is 62.4 Å². The molecule has 30 heteroatoms. The number of ether oxygens (including phenoxy) is 1. The number of benzene rings is 2. The standard InChI is InChI=1S/C30H23F6N5O2.C8H7F3N2.C8H7F3O2.C6H10O.C6H8O.C4H8O2.C2H6O.CH4S.K.H/c31-17-6-14(7-18(32)12-17)8-24(26-19(2-1-5-38-26)15-3-4-23(33)21(9-15)29(37)43)39-25(42)13-41-27-20-10-16(20)11-22(27)28(40-41)30(34,35)36;9-8(10,11)7-5-2-3-1-4(3)6(5)12-13-7;9-8(10,11)7(13)5-2-3-1-4(3)6(5)12;2*7-6-2-1-4-3-5(4)6;1-3-6-4(2)5;1-2-3;1-2;;/h1-7,9,12,16,20,24H,8,10-11,13H2,(H2,37,43)(H,39,42);3-4H,1-2H2,(H,12,13);3-5H,1-2H2;4-7H,1-3H2;4-5H,1-3H2;3H2,1-2H3;3H,2H2,1H3;2H,1H3;;/q;;;;;;;;+1;-1/t16?,20?,24-;;;;;;;;;/m0........./s1/i;;;;;;;1D;;. The van der Waals surface area contributed by atoms with Gasteiger partial charge in [0, 0.05) is 85.3 Å². The molecule has 0 bridgehead atoms. The molecule has 3 heterocycles. The van der Waals surface area contributed by atoms with Gasteiger partial charge in [0.1, 0.15) is 35.6 Å². The van der Waals surface area contributed by atoms with E-state index in [2.05, 4.69) is 43.0 Å². The van der Waals surface area contributed by atoms with Gasteiger partial charge in [0.25, 0.3) is 5.91 Å². The number of primary amides is 1. The number of halogens is 12. The minimum atomic E-state index is -4.85. The Kier molecular flexibility index (Phi) is 25.4. The number of carbonyl (C=O) groups is 6. The molecular formula is C65H74F12KN7O9S. The maximum atomic E-state index is 14.2. The molecule has 13 atom stereocenters. The van der Waals surface area contributed by atoms with Crippen LogP contribution in [0.15, 0.2) is 54.7 Å². The zero-order valence-corrected chi connectivity index (χ0v) is 56.3. The van der Waals surface area contributed by atoms with Crippen molar-refractivity contribution in [2.45, 2.75) is 153 Å². The molecule has 2 amide bonds. The van der Waals surface area contributed by atoms with Crippen molar-refractivity contribution in [2.75, 3.05) is 19.4 Å². The van der Waals surface area contributed by atoms with Crippen molar-refractivity contribution in [3.63, 3.8) is 0 Å². The number of nitrogens with two attached hydrogens (primary N) is 1. The maximum absolute atomic E-state index is 14.2. The Morgan fingerprint density at radius 3 is 1.93 bits per heavy atom. The number of aliphatic hydroxyl groups is 2. The number of aromatic amines is 1. The number of nitrogens with zero attached hydrogens (tertiary/aromatic N) is 4. The smallest absolute Gasteiger partial charge is 1.00 e. The Hall–Kier alpha value is -5.50. The van der Waals surface area contributed by atoms with Crippen LogP contribution >= 0.6 is 12.6 Å². The van der Waals surface area contributed by atoms with E-state index in [9.17, 15) is 81.5 Å². The first-order valence-electron chi connectivity index (χ1n) is 31.5. The second-order valence-electron chi connectivity index (χ2n) is 24.8. The van der Waals surface area contributed by atoms with Crippen molar-refractivity contribution in [1.29, 1.82) is 0 Å². The van der Waals surface area contributed by atoms with E-state index in [-0.39, 0.29) is 143 Å². The summed E-state index contributed by atoms with van der Waals surface area (Å²) in [6, 6.07) is 8.59. The van der Waals surface area contributed by atoms with Crippen LogP contribution in [0.3, 0.4) is 0 Å². The Morgan fingerprint density at radius 2 is 1.44 bits per heavy atom. The molecule has 12 unspecified atom stereocenters. The normalized spacial score (nSPS) is 25.8. The fourth-order valence-electron chi connectivity index (χ4n) is 13.5. The Morgan fingerprint density at radius 1 is 0.821 bits per heavy atom. The molecule has 0 aliphatic heterocycles. The number of amides is 2. The summed E-state index contributed by atoms with van der Waals surface area (Å²) in [6.45, 7) is 5.06. The fraction of sp³-hybridized carbons (Fsp3) is 0.554. The number of alkyl halides is 9. The van der Waals surface area contributed by atoms with E-state index in [1.807, 2.05) is 0 Å². The van der Waals surface area contributed by atoms with Crippen molar-refractivity contribution >= 4 is 47.8 Å². The number of carbonyl (C=O) groups excluding carboxylic acids is 6. The van der Waals surface area contributed by atoms with E-state index in [0.29, 0.717) is 71.4 Å². The minimum absolute atomic E-state index is 0. The number of aromatic nitrogens is 5. The molecule has 16 nitrogen and oxygen atoms in total. The maximum Gasteiger partial charge on any atom is 1.00 e. The number of rotatable bonds is 10. The average molecular weight is 1400 g/mol. The van der Waals surface area contributed by atoms with Crippen molar-refractivity contribution in [1.82, 2.24) is 30.3 Å². The van der Waals surface area contributed by atoms with Gasteiger partial charge in [0.15, 0.2) is 11.4 Å². The topological polar surface area (TPSA) is 250 Å². The third-order valence-electron chi connectivity index (χ3n) is 18.2. The monoisotopic (exact) mass is 1400 g/mol. The number of H-pyrrole nitrogens is 1. The summed E-state index contributed by atoms with van der Waals surface area (Å²) in [5, 5.41) is 28.9. The van der Waals surface area contributed by atoms with Gasteiger partial charge < -0.3 is 27.4 Å². The molecule has 0 spiro atoms. The minimum Gasteiger partial charge on any atom is -1.00 e. The predicted octanol–water partition coefficient (Wildman–Crippen LogP) is 8.66. The van der Waals surface area contributed by atoms with Crippen LogP contribution in [-0.4, -0.2) is 102 Å². The Bertz CT molecular complexity index is 3610. The van der Waals surface area contributed by atoms with Crippen LogP contribution in [0.1, 0.15) is 161 Å². The average Bonchev–Trinajstić information content (AvgIpc) is 1.57. The van der Waals surface area contributed by atoms with Gasteiger partial charge in [-0.2, -0.15) is 62.3 Å². The number of Topliss-reactive ketones (excluding diaryl/α,β-unsaturated/α-hetero) is 3. The fourth-order valence-corrected chi connectivity index (χ4v) is 13.5. The zero-order valence-electron chi connectivity index (χ0n) is 54.3. The number of fused-ring (bicyclic) bond motifs is 9. The third kappa shape index (κ3) is 19.5. The number of pyridine rings is 1. The van der Waals surface area contributed by atoms with Crippen molar-refractivity contribution in [3.8, 4) is 11.1 Å². The molecular weight excluding hydrogens is 1320 g/mol. The Labute approximate surface area is 590 Å². The van der Waals surface area contributed by atoms with E-state index >= 15 is 0 Å². The molecule has 15 rings (SSSR count). The van der Waals surface area contributed by atoms with Crippen LogP contribution in [-0.2, 0) is 66.9 Å². The molecule has 2 aromatic carbocycles. The molecule has 514 valence electrons. The predicted molar refractivity (Wildman–Crippen MR) is 319 cm³/mol. The van der Waals surface area contributed by atoms with Gasteiger partial charge in [0.05, 0.1) is 35.9 Å². The van der Waals surface area contributed by atoms with Gasteiger partial charge in [-0.1, -0.05) is 12.1 Å². The summed E-state index contributed by atoms with van der Waals surface area (Å²) in [6.07, 6.45) is -1.91. The molecule has 8 fully saturated rings. The van der Waals surface area contributed by atoms with E-state index in [1.165, 1.54) is 50.9 Å². The Balaban J connectivity index is 0.000000220. The van der Waals surface area contributed by atoms with Gasteiger partial charge in [-0.05, 0) is 174 Å². The quantitative estimate of drug-likeness (QED) is 0.0253. The summed E-state index contributed by atoms with van der Waals surface area (Å²) in [4.78, 5) is 71.8. The van der Waals surface area contributed by atoms with Gasteiger partial charge >= 0.3 is 75.9 Å². The van der Waals surface area contributed by atoms with E-state index in [1.54, 1.807) is 26.0 Å². The first kappa shape index (κ1) is 75.3. The van der Waals surface area contributed by atoms with E-state index in [4.69, 9.17) is 17.3 Å². The first-order chi connectivity index (χ1) is 44.7. The summed E-state index contributed by atoms with van der Waals surface area (Å²) in [5.41, 5.74) is 5.93. The largest absolute Gasteiger partial charge is 1.00 e. The van der Waals surface area contributed by atoms with Crippen LogP contribution in [0.25, 0.3) is 11.1 Å². The van der Waals surface area contributed by atoms with Gasteiger partial charge in [-0.3, -0.25) is 43.5 Å². The number of thiol groups is 1. The van der Waals surface area contributed by atoms with Crippen molar-refractivity contribution in [2.24, 2.45) is 59.0 Å². The molecule has 6 N–H and O–H groups in total. The number of hydrogen-bond donors (Lipinski definition) is 6. The molecule has 8 saturated carbocycles. The second-order valence-corrected chi connectivity index (χ2v) is 24.8. The number of ketones is 3. The summed E-state index contributed by atoms with van der Waals surface area (Å²) in [5.74, 6) is -3.96. The summed E-state index contributed by atoms with van der Waals surface area (Å²) in [7, 11) is 0. The third-order valence-corrected chi connectivity index (χ3v) is 18.2. The molecule has 10 aliphatic carbocycles. The number of hydrogen-bond acceptors (Lipinski definition) is 13. The molecule has 3 aromatic heterocycles. The van der Waals surface area contributed by atoms with Crippen LogP contribution in [0.2, 0.25) is 0 Å². The second kappa shape index (κ2) is 32.0. The molecule has 5 aromatic rings. The first-order valence-corrected chi connectivity index (χ1v) is 31.5. The van der Waals surface area contributed by atoms with Gasteiger partial charge in [-0.25, -0.2) is 13.2 Å². The van der Waals surface area contributed by atoms with Gasteiger partial charge in [-0.15, -0.1) is 0 Å². The van der Waals surface area contributed by atoms with Crippen molar-refractivity contribution in [3.05, 3.63) is 123 Å². The zero-order chi connectivity index (χ0) is 69.8. The molecule has 10 aliphatic rings. The molecule has 0 radical (unpaired) electrons. The molecule has 95 heavy (non-hydrogen) atoms. The number of esters is 1. The van der Waals surface area contributed by atoms with Crippen LogP contribution in [0.5, 0.6) is 0 Å². The summed E-state index contributed by atoms with van der Waals surface area (Å²) < 4.78 is 168. The number of nitrogens with one attached hydrogen (secondary N) is 2. The van der Waals surface area contributed by atoms with E-state index in [0.717, 1.165) is 72.0 Å². The van der Waals surface area contributed by atoms with Crippen LogP contribution in [0.4, 0.5) is 52.7 Å². The number of aliphatic hydroxyl groups excluding tert-OH is 2. The van der Waals surface area contributed by atoms with Crippen molar-refractivity contribution < 1.29 is 151 Å². The summed E-state index contributed by atoms with van der Waals surface area (Å²) >= 11 is 3.46. The van der Waals surface area contributed by atoms with Gasteiger partial charge in [0.2, 0.25) is 11.7 Å². The molecule has 0 saturated heterocycles. The van der Waals surface area contributed by atoms with Crippen LogP contribution in [0, 0.1) is 70.7 Å². The van der Waals surface area contributed by atoms with E-state index < -0.39 is 89.3 Å².